The minimum Gasteiger partial charge on any atom is -0.392 e. The Kier molecular flexibility index (Phi) is 3.68. The molecule has 0 fully saturated rings. The fourth-order valence-corrected chi connectivity index (χ4v) is 2.03. The van der Waals surface area contributed by atoms with Crippen molar-refractivity contribution >= 4 is 31.9 Å². The lowest BCUT2D eigenvalue weighted by Gasteiger charge is -2.05. The number of hydrogen-bond acceptors (Lipinski definition) is 3. The van der Waals surface area contributed by atoms with E-state index in [2.05, 4.69) is 41.8 Å². The van der Waals surface area contributed by atoms with Gasteiger partial charge in [-0.15, -0.1) is 0 Å². The van der Waals surface area contributed by atoms with Crippen LogP contribution in [0.2, 0.25) is 0 Å². The molecule has 0 amide bonds. The summed E-state index contributed by atoms with van der Waals surface area (Å²) in [6, 6.07) is 7.59. The van der Waals surface area contributed by atoms with Crippen LogP contribution >= 0.6 is 31.9 Å². The Morgan fingerprint density at radius 3 is 2.38 bits per heavy atom. The average Bonchev–Trinajstić information content (AvgIpc) is 2.33. The lowest BCUT2D eigenvalue weighted by atomic mass is 10.1. The van der Waals surface area contributed by atoms with E-state index >= 15 is 0 Å². The zero-order valence-electron chi connectivity index (χ0n) is 8.19. The van der Waals surface area contributed by atoms with Gasteiger partial charge < -0.3 is 5.11 Å². The zero-order chi connectivity index (χ0) is 11.5. The van der Waals surface area contributed by atoms with E-state index in [1.807, 2.05) is 24.3 Å². The molecule has 2 aromatic rings. The van der Waals surface area contributed by atoms with Crippen molar-refractivity contribution in [1.82, 2.24) is 9.97 Å². The van der Waals surface area contributed by atoms with Crippen LogP contribution in [-0.2, 0) is 6.61 Å². The van der Waals surface area contributed by atoms with Crippen LogP contribution in [0.25, 0.3) is 11.3 Å². The third-order valence-corrected chi connectivity index (χ3v) is 4.04. The molecule has 0 atom stereocenters. The van der Waals surface area contributed by atoms with E-state index in [0.29, 0.717) is 0 Å². The highest BCUT2D eigenvalue weighted by Gasteiger charge is 2.08. The van der Waals surface area contributed by atoms with Gasteiger partial charge in [0.1, 0.15) is 10.9 Å². The molecule has 0 radical (unpaired) electrons. The van der Waals surface area contributed by atoms with Crippen molar-refractivity contribution < 1.29 is 5.11 Å². The predicted molar refractivity (Wildman–Crippen MR) is 68.8 cm³/mol. The Hall–Kier alpha value is -0.780. The van der Waals surface area contributed by atoms with Crippen LogP contribution in [0, 0.1) is 0 Å². The van der Waals surface area contributed by atoms with Crippen LogP contribution in [0.15, 0.2) is 39.7 Å². The number of nitrogens with zero attached hydrogens (tertiary/aromatic N) is 2. The summed E-state index contributed by atoms with van der Waals surface area (Å²) >= 11 is 6.76. The Morgan fingerprint density at radius 1 is 1.06 bits per heavy atom. The molecule has 0 saturated heterocycles. The van der Waals surface area contributed by atoms with Crippen LogP contribution in [0.4, 0.5) is 0 Å². The van der Waals surface area contributed by atoms with E-state index in [-0.39, 0.29) is 6.61 Å². The zero-order valence-corrected chi connectivity index (χ0v) is 11.4. The first-order valence-electron chi connectivity index (χ1n) is 4.58. The summed E-state index contributed by atoms with van der Waals surface area (Å²) in [4.78, 5) is 8.23. The fourth-order valence-electron chi connectivity index (χ4n) is 1.32. The average molecular weight is 344 g/mol. The summed E-state index contributed by atoms with van der Waals surface area (Å²) in [6.45, 7) is 0.0505. The minimum atomic E-state index is 0.0505. The van der Waals surface area contributed by atoms with Crippen LogP contribution in [-0.4, -0.2) is 15.1 Å². The van der Waals surface area contributed by atoms with Crippen molar-refractivity contribution in [1.29, 1.82) is 0 Å². The molecule has 0 aliphatic carbocycles. The molecule has 0 spiro atoms. The first-order valence-corrected chi connectivity index (χ1v) is 6.17. The molecular formula is C11H8Br2N2O. The topological polar surface area (TPSA) is 46.0 Å². The third-order valence-electron chi connectivity index (χ3n) is 2.16. The van der Waals surface area contributed by atoms with Gasteiger partial charge >= 0.3 is 0 Å². The Labute approximate surface area is 110 Å². The molecule has 0 unspecified atom stereocenters. The van der Waals surface area contributed by atoms with E-state index in [1.165, 1.54) is 6.33 Å². The van der Waals surface area contributed by atoms with Crippen molar-refractivity contribution in [3.63, 3.8) is 0 Å². The van der Waals surface area contributed by atoms with Gasteiger partial charge in [0, 0.05) is 5.56 Å². The normalized spacial score (nSPS) is 10.4. The summed E-state index contributed by atoms with van der Waals surface area (Å²) in [7, 11) is 0. The number of rotatable bonds is 2. The Balaban J connectivity index is 2.46. The predicted octanol–water partition coefficient (Wildman–Crippen LogP) is 3.16. The molecule has 5 heteroatoms. The lowest BCUT2D eigenvalue weighted by Crippen LogP contribution is -1.90. The quantitative estimate of drug-likeness (QED) is 0.852. The Morgan fingerprint density at radius 2 is 1.75 bits per heavy atom. The number of aromatic nitrogens is 2. The number of hydrogen-bond donors (Lipinski definition) is 1. The van der Waals surface area contributed by atoms with Gasteiger partial charge in [0.2, 0.25) is 0 Å². The van der Waals surface area contributed by atoms with Gasteiger partial charge in [-0.05, 0) is 37.4 Å². The van der Waals surface area contributed by atoms with Gasteiger partial charge in [-0.25, -0.2) is 9.97 Å². The first-order chi connectivity index (χ1) is 7.72. The SMILES string of the molecule is OCc1ccc(-c2ncnc(Br)c2Br)cc1. The van der Waals surface area contributed by atoms with Crippen LogP contribution in [0.1, 0.15) is 5.56 Å². The van der Waals surface area contributed by atoms with Gasteiger partial charge in [0.15, 0.2) is 0 Å². The standard InChI is InChI=1S/C11H8Br2N2O/c12-9-10(14-6-15-11(9)13)8-3-1-7(5-16)2-4-8/h1-4,6,16H,5H2. The molecule has 1 heterocycles. The van der Waals surface area contributed by atoms with Crippen molar-refractivity contribution in [3.05, 3.63) is 45.2 Å². The smallest absolute Gasteiger partial charge is 0.124 e. The summed E-state index contributed by atoms with van der Waals surface area (Å²) in [6.07, 6.45) is 1.50. The molecule has 16 heavy (non-hydrogen) atoms. The Bertz CT molecular complexity index is 500. The van der Waals surface area contributed by atoms with E-state index in [4.69, 9.17) is 5.11 Å². The molecule has 3 nitrogen and oxygen atoms in total. The second kappa shape index (κ2) is 5.03. The highest BCUT2D eigenvalue weighted by Crippen LogP contribution is 2.30. The van der Waals surface area contributed by atoms with Crippen LogP contribution in [0.3, 0.4) is 0 Å². The second-order valence-corrected chi connectivity index (χ2v) is 4.73. The van der Waals surface area contributed by atoms with Gasteiger partial charge in [-0.2, -0.15) is 0 Å². The summed E-state index contributed by atoms with van der Waals surface area (Å²) in [5.74, 6) is 0. The monoisotopic (exact) mass is 342 g/mol. The summed E-state index contributed by atoms with van der Waals surface area (Å²) in [5.41, 5.74) is 2.69. The second-order valence-electron chi connectivity index (χ2n) is 3.18. The highest BCUT2D eigenvalue weighted by molar-refractivity contribution is 9.13. The molecule has 1 aromatic heterocycles. The molecule has 1 N–H and O–H groups in total. The van der Waals surface area contributed by atoms with Crippen molar-refractivity contribution in [2.75, 3.05) is 0 Å². The van der Waals surface area contributed by atoms with E-state index in [1.54, 1.807) is 0 Å². The molecular weight excluding hydrogens is 336 g/mol. The van der Waals surface area contributed by atoms with Gasteiger partial charge in [0.05, 0.1) is 16.8 Å². The number of aliphatic hydroxyl groups excluding tert-OH is 1. The van der Waals surface area contributed by atoms with Crippen molar-refractivity contribution in [3.8, 4) is 11.3 Å². The molecule has 0 bridgehead atoms. The molecule has 0 aliphatic heterocycles. The van der Waals surface area contributed by atoms with E-state index < -0.39 is 0 Å². The number of benzene rings is 1. The third kappa shape index (κ3) is 2.31. The van der Waals surface area contributed by atoms with E-state index in [9.17, 15) is 0 Å². The van der Waals surface area contributed by atoms with Gasteiger partial charge in [-0.1, -0.05) is 24.3 Å². The first kappa shape index (κ1) is 11.7. The molecule has 82 valence electrons. The largest absolute Gasteiger partial charge is 0.392 e. The van der Waals surface area contributed by atoms with Gasteiger partial charge in [0.25, 0.3) is 0 Å². The minimum absolute atomic E-state index is 0.0505. The number of aliphatic hydroxyl groups is 1. The van der Waals surface area contributed by atoms with Crippen LogP contribution in [0.5, 0.6) is 0 Å². The lowest BCUT2D eigenvalue weighted by molar-refractivity contribution is 0.282. The molecule has 2 rings (SSSR count). The molecule has 0 saturated carbocycles. The van der Waals surface area contributed by atoms with Gasteiger partial charge in [-0.3, -0.25) is 0 Å². The number of halogens is 2. The van der Waals surface area contributed by atoms with E-state index in [0.717, 1.165) is 25.9 Å². The van der Waals surface area contributed by atoms with Crippen LogP contribution < -0.4 is 0 Å². The van der Waals surface area contributed by atoms with Crippen molar-refractivity contribution in [2.24, 2.45) is 0 Å². The fraction of sp³-hybridized carbons (Fsp3) is 0.0909. The highest BCUT2D eigenvalue weighted by atomic mass is 79.9. The maximum absolute atomic E-state index is 8.96. The maximum Gasteiger partial charge on any atom is 0.124 e. The van der Waals surface area contributed by atoms with Crippen molar-refractivity contribution in [2.45, 2.75) is 6.61 Å². The molecule has 0 aliphatic rings. The summed E-state index contributed by atoms with van der Waals surface area (Å²) < 4.78 is 1.55. The molecule has 1 aromatic carbocycles. The summed E-state index contributed by atoms with van der Waals surface area (Å²) in [5, 5.41) is 8.96. The maximum atomic E-state index is 8.96.